The maximum absolute atomic E-state index is 9.24. The Morgan fingerprint density at radius 3 is 2.09 bits per heavy atom. The lowest BCUT2D eigenvalue weighted by atomic mass is 9.95. The van der Waals surface area contributed by atoms with Crippen molar-refractivity contribution in [1.29, 1.82) is 0 Å². The first-order valence-electron chi connectivity index (χ1n) is 4.40. The maximum Gasteiger partial charge on any atom is 0.0540 e. The zero-order valence-electron chi connectivity index (χ0n) is 7.84. The fourth-order valence-corrected chi connectivity index (χ4v) is 1.25. The van der Waals surface area contributed by atoms with Crippen LogP contribution >= 0.6 is 12.4 Å². The minimum Gasteiger partial charge on any atom is -0.393 e. The van der Waals surface area contributed by atoms with Gasteiger partial charge in [0.05, 0.1) is 6.10 Å². The van der Waals surface area contributed by atoms with Crippen molar-refractivity contribution in [2.24, 2.45) is 5.92 Å². The Morgan fingerprint density at radius 1 is 1.27 bits per heavy atom. The second-order valence-corrected chi connectivity index (χ2v) is 3.05. The van der Waals surface area contributed by atoms with Crippen LogP contribution in [0.15, 0.2) is 0 Å². The van der Waals surface area contributed by atoms with Crippen LogP contribution in [-0.4, -0.2) is 11.2 Å². The molecular weight excluding hydrogens is 160 g/mol. The maximum atomic E-state index is 9.24. The molecule has 0 aromatic carbocycles. The van der Waals surface area contributed by atoms with Gasteiger partial charge >= 0.3 is 0 Å². The Morgan fingerprint density at radius 2 is 1.82 bits per heavy atom. The molecular formula is C9H21ClO. The van der Waals surface area contributed by atoms with Crippen LogP contribution in [0.5, 0.6) is 0 Å². The first-order valence-corrected chi connectivity index (χ1v) is 4.40. The molecule has 0 saturated carbocycles. The Kier molecular flexibility index (Phi) is 10.5. The monoisotopic (exact) mass is 180 g/mol. The highest BCUT2D eigenvalue weighted by Gasteiger charge is 2.10. The van der Waals surface area contributed by atoms with Crippen LogP contribution in [0.3, 0.4) is 0 Å². The van der Waals surface area contributed by atoms with E-state index in [0.717, 1.165) is 6.42 Å². The molecule has 0 aliphatic carbocycles. The summed E-state index contributed by atoms with van der Waals surface area (Å²) in [5, 5.41) is 9.24. The molecule has 0 fully saturated rings. The van der Waals surface area contributed by atoms with E-state index in [0.29, 0.717) is 5.92 Å². The highest BCUT2D eigenvalue weighted by molar-refractivity contribution is 5.85. The van der Waals surface area contributed by atoms with E-state index in [2.05, 4.69) is 13.8 Å². The molecule has 1 N–H and O–H groups in total. The van der Waals surface area contributed by atoms with Crippen molar-refractivity contribution in [3.05, 3.63) is 0 Å². The van der Waals surface area contributed by atoms with Crippen molar-refractivity contribution in [3.63, 3.8) is 0 Å². The van der Waals surface area contributed by atoms with Gasteiger partial charge in [0.2, 0.25) is 0 Å². The van der Waals surface area contributed by atoms with Crippen molar-refractivity contribution in [1.82, 2.24) is 0 Å². The SMILES string of the molecule is CCCCC(CC)C(C)O.Cl. The fraction of sp³-hybridized carbons (Fsp3) is 1.00. The van der Waals surface area contributed by atoms with E-state index in [4.69, 9.17) is 0 Å². The van der Waals surface area contributed by atoms with Crippen LogP contribution in [0.25, 0.3) is 0 Å². The molecule has 70 valence electrons. The molecule has 0 amide bonds. The van der Waals surface area contributed by atoms with Gasteiger partial charge in [-0.1, -0.05) is 33.1 Å². The molecule has 0 aliphatic heterocycles. The molecule has 2 atom stereocenters. The summed E-state index contributed by atoms with van der Waals surface area (Å²) < 4.78 is 0. The molecule has 0 bridgehead atoms. The highest BCUT2D eigenvalue weighted by atomic mass is 35.5. The van der Waals surface area contributed by atoms with Gasteiger partial charge in [-0.2, -0.15) is 0 Å². The number of rotatable bonds is 5. The zero-order valence-corrected chi connectivity index (χ0v) is 8.66. The lowest BCUT2D eigenvalue weighted by Gasteiger charge is -2.16. The van der Waals surface area contributed by atoms with Crippen LogP contribution in [0.1, 0.15) is 46.5 Å². The van der Waals surface area contributed by atoms with Crippen molar-refractivity contribution in [2.75, 3.05) is 0 Å². The molecule has 0 aromatic heterocycles. The van der Waals surface area contributed by atoms with Gasteiger partial charge < -0.3 is 5.11 Å². The summed E-state index contributed by atoms with van der Waals surface area (Å²) in [6, 6.07) is 0. The Bertz CT molecular complexity index is 74.0. The number of unbranched alkanes of at least 4 members (excludes halogenated alkanes) is 1. The molecule has 1 nitrogen and oxygen atoms in total. The standard InChI is InChI=1S/C9H20O.ClH/c1-4-6-7-9(5-2)8(3)10;/h8-10H,4-7H2,1-3H3;1H. The third kappa shape index (κ3) is 6.64. The van der Waals surface area contributed by atoms with Crippen LogP contribution < -0.4 is 0 Å². The Hall–Kier alpha value is 0.250. The average Bonchev–Trinajstić information content (AvgIpc) is 1.89. The predicted octanol–water partition coefficient (Wildman–Crippen LogP) is 3.01. The van der Waals surface area contributed by atoms with Crippen molar-refractivity contribution < 1.29 is 5.11 Å². The van der Waals surface area contributed by atoms with Crippen LogP contribution in [0, 0.1) is 5.92 Å². The van der Waals surface area contributed by atoms with Gasteiger partial charge in [0, 0.05) is 0 Å². The molecule has 0 rings (SSSR count). The van der Waals surface area contributed by atoms with Gasteiger partial charge in [-0.3, -0.25) is 0 Å². The predicted molar refractivity (Wildman–Crippen MR) is 52.2 cm³/mol. The molecule has 2 heteroatoms. The summed E-state index contributed by atoms with van der Waals surface area (Å²) in [6.07, 6.45) is 4.67. The van der Waals surface area contributed by atoms with E-state index in [-0.39, 0.29) is 18.5 Å². The first-order chi connectivity index (χ1) is 4.72. The van der Waals surface area contributed by atoms with Gasteiger partial charge in [-0.15, -0.1) is 12.4 Å². The molecule has 0 heterocycles. The summed E-state index contributed by atoms with van der Waals surface area (Å²) >= 11 is 0. The fourth-order valence-electron chi connectivity index (χ4n) is 1.25. The van der Waals surface area contributed by atoms with E-state index in [9.17, 15) is 5.11 Å². The quantitative estimate of drug-likeness (QED) is 0.690. The number of hydrogen-bond acceptors (Lipinski definition) is 1. The van der Waals surface area contributed by atoms with Gasteiger partial charge in [0.25, 0.3) is 0 Å². The molecule has 0 saturated heterocycles. The summed E-state index contributed by atoms with van der Waals surface area (Å²) in [7, 11) is 0. The van der Waals surface area contributed by atoms with Crippen molar-refractivity contribution >= 4 is 12.4 Å². The molecule has 2 unspecified atom stereocenters. The summed E-state index contributed by atoms with van der Waals surface area (Å²) in [5.41, 5.74) is 0. The third-order valence-corrected chi connectivity index (χ3v) is 2.14. The lowest BCUT2D eigenvalue weighted by molar-refractivity contribution is 0.116. The van der Waals surface area contributed by atoms with Crippen LogP contribution in [0.4, 0.5) is 0 Å². The van der Waals surface area contributed by atoms with Gasteiger partial charge in [-0.05, 0) is 19.3 Å². The Labute approximate surface area is 76.6 Å². The molecule has 0 spiro atoms. The topological polar surface area (TPSA) is 20.2 Å². The largest absolute Gasteiger partial charge is 0.393 e. The first kappa shape index (κ1) is 13.8. The minimum atomic E-state index is -0.114. The average molecular weight is 181 g/mol. The summed E-state index contributed by atoms with van der Waals surface area (Å²) in [5.74, 6) is 0.528. The van der Waals surface area contributed by atoms with Crippen LogP contribution in [-0.2, 0) is 0 Å². The minimum absolute atomic E-state index is 0. The van der Waals surface area contributed by atoms with Crippen molar-refractivity contribution in [3.8, 4) is 0 Å². The molecule has 0 radical (unpaired) electrons. The lowest BCUT2D eigenvalue weighted by Crippen LogP contribution is -2.15. The smallest absolute Gasteiger partial charge is 0.0540 e. The van der Waals surface area contributed by atoms with Gasteiger partial charge in [0.1, 0.15) is 0 Å². The summed E-state index contributed by atoms with van der Waals surface area (Å²) in [4.78, 5) is 0. The number of halogens is 1. The normalized spacial score (nSPS) is 15.3. The van der Waals surface area contributed by atoms with E-state index in [1.807, 2.05) is 6.92 Å². The van der Waals surface area contributed by atoms with Crippen LogP contribution in [0.2, 0.25) is 0 Å². The van der Waals surface area contributed by atoms with E-state index >= 15 is 0 Å². The van der Waals surface area contributed by atoms with Gasteiger partial charge in [0.15, 0.2) is 0 Å². The van der Waals surface area contributed by atoms with E-state index in [1.165, 1.54) is 19.3 Å². The zero-order chi connectivity index (χ0) is 7.98. The third-order valence-electron chi connectivity index (χ3n) is 2.14. The van der Waals surface area contributed by atoms with Crippen molar-refractivity contribution in [2.45, 2.75) is 52.6 Å². The van der Waals surface area contributed by atoms with Gasteiger partial charge in [-0.25, -0.2) is 0 Å². The summed E-state index contributed by atoms with van der Waals surface area (Å²) in [6.45, 7) is 6.23. The Balaban J connectivity index is 0. The van der Waals surface area contributed by atoms with E-state index in [1.54, 1.807) is 0 Å². The highest BCUT2D eigenvalue weighted by Crippen LogP contribution is 2.15. The second kappa shape index (κ2) is 8.35. The molecule has 11 heavy (non-hydrogen) atoms. The number of hydrogen-bond donors (Lipinski definition) is 1. The molecule has 0 aliphatic rings. The molecule has 0 aromatic rings. The van der Waals surface area contributed by atoms with E-state index < -0.39 is 0 Å². The number of aliphatic hydroxyl groups is 1. The second-order valence-electron chi connectivity index (χ2n) is 3.05. The number of aliphatic hydroxyl groups excluding tert-OH is 1.